The van der Waals surface area contributed by atoms with Crippen molar-refractivity contribution >= 4 is 6.09 Å². The summed E-state index contributed by atoms with van der Waals surface area (Å²) >= 11 is 0. The number of aliphatic hydroxyl groups excluding tert-OH is 2. The van der Waals surface area contributed by atoms with Gasteiger partial charge < -0.3 is 25.2 Å². The van der Waals surface area contributed by atoms with Gasteiger partial charge in [-0.1, -0.05) is 10.2 Å². The molecule has 3 N–H and O–H groups in total. The Balaban J connectivity index is 0.000000203. The molecule has 8 atom stereocenters. The van der Waals surface area contributed by atoms with Crippen molar-refractivity contribution in [3.8, 4) is 0 Å². The van der Waals surface area contributed by atoms with Gasteiger partial charge in [0.1, 0.15) is 5.60 Å². The molecule has 0 aromatic carbocycles. The summed E-state index contributed by atoms with van der Waals surface area (Å²) in [6, 6.07) is -0.578. The molecule has 4 aliphatic rings. The van der Waals surface area contributed by atoms with Crippen LogP contribution in [-0.2, 0) is 4.74 Å². The molecule has 4 fully saturated rings. The molecule has 0 aromatic rings. The number of amides is 1. The highest BCUT2D eigenvalue weighted by molar-refractivity contribution is 5.68. The second kappa shape index (κ2) is 10.8. The molecule has 2 aliphatic carbocycles. The number of nitrogens with zero attached hydrogens (tertiary/aromatic N) is 7. The number of carbonyl (C=O) groups excluding carboxylic acids is 1. The summed E-state index contributed by atoms with van der Waals surface area (Å²) in [5.74, 6) is 1.73. The van der Waals surface area contributed by atoms with Crippen molar-refractivity contribution in [3.05, 3.63) is 20.9 Å². The second-order valence-electron chi connectivity index (χ2n) is 10.7. The van der Waals surface area contributed by atoms with Gasteiger partial charge in [-0.3, -0.25) is 0 Å². The molecule has 12 heteroatoms. The molecule has 4 rings (SSSR count). The smallest absolute Gasteiger partial charge is 0.410 e. The molecule has 2 heterocycles. The van der Waals surface area contributed by atoms with Crippen LogP contribution < -0.4 is 5.32 Å². The van der Waals surface area contributed by atoms with Crippen LogP contribution in [0.25, 0.3) is 20.9 Å². The van der Waals surface area contributed by atoms with Gasteiger partial charge in [-0.2, -0.15) is 0 Å². The molecule has 2 saturated carbocycles. The lowest BCUT2D eigenvalue weighted by molar-refractivity contribution is 0.0282. The molecule has 0 unspecified atom stereocenters. The lowest BCUT2D eigenvalue weighted by Gasteiger charge is -2.32. The minimum absolute atomic E-state index is 0.203. The van der Waals surface area contributed by atoms with E-state index in [2.05, 4.69) is 25.4 Å². The van der Waals surface area contributed by atoms with E-state index < -0.39 is 17.8 Å². The number of rotatable bonds is 2. The number of likely N-dealkylation sites (tertiary alicyclic amines) is 1. The van der Waals surface area contributed by atoms with Crippen LogP contribution >= 0.6 is 0 Å². The fourth-order valence-electron chi connectivity index (χ4n) is 5.54. The number of ether oxygens (including phenoxy) is 1. The van der Waals surface area contributed by atoms with E-state index in [0.717, 1.165) is 25.9 Å². The second-order valence-corrected chi connectivity index (χ2v) is 10.7. The topological polar surface area (TPSA) is 180 Å². The largest absolute Gasteiger partial charge is 0.444 e. The molecule has 0 aromatic heterocycles. The Bertz CT molecular complexity index is 792. The van der Waals surface area contributed by atoms with Crippen LogP contribution in [0.3, 0.4) is 0 Å². The van der Waals surface area contributed by atoms with Gasteiger partial charge in [0.25, 0.3) is 0 Å². The number of aliphatic hydroxyl groups is 2. The first-order valence-corrected chi connectivity index (χ1v) is 11.7. The number of carbonyl (C=O) groups is 1. The highest BCUT2D eigenvalue weighted by Gasteiger charge is 2.43. The third-order valence-corrected chi connectivity index (χ3v) is 7.17. The van der Waals surface area contributed by atoms with Crippen molar-refractivity contribution < 1.29 is 19.7 Å². The van der Waals surface area contributed by atoms with Gasteiger partial charge in [0, 0.05) is 22.9 Å². The normalized spacial score (nSPS) is 37.4. The molecule has 2 aliphatic heterocycles. The zero-order valence-corrected chi connectivity index (χ0v) is 19.6. The zero-order chi connectivity index (χ0) is 24.2. The molecule has 1 amide bonds. The van der Waals surface area contributed by atoms with Crippen LogP contribution in [0.1, 0.15) is 46.5 Å². The minimum atomic E-state index is -0.606. The van der Waals surface area contributed by atoms with E-state index in [0.29, 0.717) is 37.8 Å². The van der Waals surface area contributed by atoms with Gasteiger partial charge in [-0.15, -0.1) is 0 Å². The summed E-state index contributed by atoms with van der Waals surface area (Å²) in [7, 11) is 0. The van der Waals surface area contributed by atoms with Crippen LogP contribution in [-0.4, -0.2) is 77.3 Å². The number of azide groups is 2. The minimum Gasteiger partial charge on any atom is -0.444 e. The lowest BCUT2D eigenvalue weighted by Crippen LogP contribution is -2.37. The first kappa shape index (κ1) is 25.4. The predicted molar refractivity (Wildman–Crippen MR) is 121 cm³/mol. The van der Waals surface area contributed by atoms with E-state index >= 15 is 0 Å². The van der Waals surface area contributed by atoms with Crippen molar-refractivity contribution in [2.24, 2.45) is 33.9 Å². The molecular weight excluding hydrogens is 428 g/mol. The van der Waals surface area contributed by atoms with Crippen LogP contribution in [0, 0.1) is 23.7 Å². The molecule has 184 valence electrons. The van der Waals surface area contributed by atoms with E-state index in [9.17, 15) is 15.0 Å². The Morgan fingerprint density at radius 1 is 0.909 bits per heavy atom. The molecular formula is C21H36N8O4. The van der Waals surface area contributed by atoms with Gasteiger partial charge in [-0.25, -0.2) is 4.79 Å². The molecule has 0 radical (unpaired) electrons. The Morgan fingerprint density at radius 2 is 1.36 bits per heavy atom. The first-order chi connectivity index (χ1) is 15.6. The Labute approximate surface area is 193 Å². The summed E-state index contributed by atoms with van der Waals surface area (Å²) < 4.78 is 5.37. The quantitative estimate of drug-likeness (QED) is 0.322. The van der Waals surface area contributed by atoms with Crippen LogP contribution in [0.5, 0.6) is 0 Å². The average molecular weight is 465 g/mol. The van der Waals surface area contributed by atoms with E-state index in [1.165, 1.54) is 0 Å². The van der Waals surface area contributed by atoms with Gasteiger partial charge >= 0.3 is 6.09 Å². The van der Waals surface area contributed by atoms with Crippen LogP contribution in [0.2, 0.25) is 0 Å². The fourth-order valence-corrected chi connectivity index (χ4v) is 5.54. The summed E-state index contributed by atoms with van der Waals surface area (Å²) in [6.07, 6.45) is 1.48. The lowest BCUT2D eigenvalue weighted by atomic mass is 9.78. The van der Waals surface area contributed by atoms with Crippen molar-refractivity contribution in [2.45, 2.75) is 76.3 Å². The molecule has 33 heavy (non-hydrogen) atoms. The SMILES string of the molecule is CC(C)(C)OC(=O)N1C[C@H]2C[C@H](O)[C@@H](N=[N+]=[N-])C[C@H]2C1.[N-]=[N+]=N[C@H]1C[C@H]2CNC[C@H]2C[C@@H]1O. The Hall–Kier alpha value is -2.23. The molecule has 12 nitrogen and oxygen atoms in total. The average Bonchev–Trinajstić information content (AvgIpc) is 3.34. The van der Waals surface area contributed by atoms with Crippen molar-refractivity contribution in [3.63, 3.8) is 0 Å². The van der Waals surface area contributed by atoms with Crippen LogP contribution in [0.4, 0.5) is 4.79 Å². The van der Waals surface area contributed by atoms with E-state index in [-0.39, 0.29) is 30.0 Å². The summed E-state index contributed by atoms with van der Waals surface area (Å²) in [4.78, 5) is 19.3. The van der Waals surface area contributed by atoms with Gasteiger partial charge in [0.2, 0.25) is 0 Å². The van der Waals surface area contributed by atoms with Gasteiger partial charge in [0.15, 0.2) is 0 Å². The molecule has 0 spiro atoms. The summed E-state index contributed by atoms with van der Waals surface area (Å²) in [5.41, 5.74) is 16.3. The predicted octanol–water partition coefficient (Wildman–Crippen LogP) is 2.96. The standard InChI is InChI=1S/C13H22N4O3.C8H14N4O/c1-13(2,3)20-12(19)17-6-8-4-10(15-16-14)11(18)5-9(8)7-17;9-12-11-7-1-5-3-10-4-6(5)2-8(7)13/h8-11,18H,4-7H2,1-3H3;5-8,10,13H,1-4H2/t8-,9+,10-,11-;5-,6+,7-,8-/m00/s1. The zero-order valence-electron chi connectivity index (χ0n) is 19.6. The summed E-state index contributed by atoms with van der Waals surface area (Å²) in [6.45, 7) is 8.77. The monoisotopic (exact) mass is 464 g/mol. The highest BCUT2D eigenvalue weighted by Crippen LogP contribution is 2.38. The summed E-state index contributed by atoms with van der Waals surface area (Å²) in [5, 5.41) is 30.2. The van der Waals surface area contributed by atoms with Crippen LogP contribution in [0.15, 0.2) is 10.2 Å². The number of fused-ring (bicyclic) bond motifs is 2. The number of nitrogens with one attached hydrogen (secondary N) is 1. The third kappa shape index (κ3) is 6.65. The van der Waals surface area contributed by atoms with E-state index in [4.69, 9.17) is 15.8 Å². The van der Waals surface area contributed by atoms with E-state index in [1.54, 1.807) is 4.90 Å². The van der Waals surface area contributed by atoms with E-state index in [1.807, 2.05) is 20.8 Å². The fraction of sp³-hybridized carbons (Fsp3) is 0.952. The Kier molecular flexibility index (Phi) is 8.31. The maximum atomic E-state index is 12.1. The van der Waals surface area contributed by atoms with Crippen molar-refractivity contribution in [1.82, 2.24) is 10.2 Å². The number of hydrogen-bond acceptors (Lipinski definition) is 7. The number of hydrogen-bond donors (Lipinski definition) is 3. The first-order valence-electron chi connectivity index (χ1n) is 11.7. The van der Waals surface area contributed by atoms with Gasteiger partial charge in [0.05, 0.1) is 24.3 Å². The highest BCUT2D eigenvalue weighted by atomic mass is 16.6. The van der Waals surface area contributed by atoms with Crippen molar-refractivity contribution in [2.75, 3.05) is 26.2 Å². The maximum Gasteiger partial charge on any atom is 0.410 e. The third-order valence-electron chi connectivity index (χ3n) is 7.17. The molecule has 2 saturated heterocycles. The molecule has 0 bridgehead atoms. The Morgan fingerprint density at radius 3 is 1.88 bits per heavy atom. The van der Waals surface area contributed by atoms with Crippen molar-refractivity contribution in [1.29, 1.82) is 0 Å². The van der Waals surface area contributed by atoms with Gasteiger partial charge in [-0.05, 0) is 94.3 Å². The maximum absolute atomic E-state index is 12.1.